The molecule has 3 heterocycles. The number of hydrogen-bond acceptors (Lipinski definition) is 10. The van der Waals surface area contributed by atoms with Crippen molar-refractivity contribution in [3.63, 3.8) is 0 Å². The Morgan fingerprint density at radius 1 is 1.19 bits per heavy atom. The van der Waals surface area contributed by atoms with Crippen LogP contribution in [0.4, 0.5) is 0 Å². The van der Waals surface area contributed by atoms with Gasteiger partial charge >= 0.3 is 5.63 Å². The number of aliphatic hydroxyl groups is 4. The molecule has 7 atom stereocenters. The quantitative estimate of drug-likeness (QED) is 0.274. The lowest BCUT2D eigenvalue weighted by molar-refractivity contribution is -0.299. The number of rotatable bonds is 7. The van der Waals surface area contributed by atoms with Crippen molar-refractivity contribution in [2.45, 2.75) is 82.8 Å². The highest BCUT2D eigenvalue weighted by Crippen LogP contribution is 2.48. The Kier molecular flexibility index (Phi) is 7.47. The summed E-state index contributed by atoms with van der Waals surface area (Å²) in [4.78, 5) is 13.0. The number of ether oxygens (including phenoxy) is 3. The molecule has 0 bridgehead atoms. The van der Waals surface area contributed by atoms with Crippen LogP contribution in [0.25, 0.3) is 11.0 Å². The fraction of sp³-hybridized carbons (Fsp3) is 0.577. The number of aliphatic hydroxyl groups excluding tert-OH is 4. The molecule has 2 aliphatic rings. The van der Waals surface area contributed by atoms with Crippen molar-refractivity contribution in [3.8, 4) is 11.5 Å². The minimum absolute atomic E-state index is 0.0171. The summed E-state index contributed by atoms with van der Waals surface area (Å²) >= 11 is 0. The summed E-state index contributed by atoms with van der Waals surface area (Å²) in [6.45, 7) is 7.12. The highest BCUT2D eigenvalue weighted by molar-refractivity contribution is 5.89. The molecular weight excluding hydrogens is 472 g/mol. The van der Waals surface area contributed by atoms with Gasteiger partial charge in [0.1, 0.15) is 47.6 Å². The molecule has 1 aromatic carbocycles. The molecule has 0 radical (unpaired) electrons. The number of fused-ring (bicyclic) bond motifs is 3. The fourth-order valence-electron chi connectivity index (χ4n) is 5.02. The van der Waals surface area contributed by atoms with E-state index in [1.807, 2.05) is 33.8 Å². The van der Waals surface area contributed by atoms with Crippen molar-refractivity contribution < 1.29 is 44.2 Å². The Labute approximate surface area is 208 Å². The standard InChI is InChI=1S/C26H34O10/c1-12(11-33-25-22(31)21(30)20(29)17(10-27)36-25)6-5-7-26(4)14(3)34-23-18-13(2)8-15(28)9-16(18)35-24(32)19(23)26/h6,8-9,14,17,20-22,25,27-31H,5,7,10-11H2,1-4H3/b12-6-/t14-,17-,20-,21+,22-,25-,26?/m1/s1. The predicted molar refractivity (Wildman–Crippen MR) is 129 cm³/mol. The number of phenols is 1. The number of aromatic hydroxyl groups is 1. The Balaban J connectivity index is 1.46. The van der Waals surface area contributed by atoms with Crippen LogP contribution in [0.1, 0.15) is 44.7 Å². The topological polar surface area (TPSA) is 159 Å². The maximum Gasteiger partial charge on any atom is 0.343 e. The second-order valence-electron chi connectivity index (χ2n) is 10.0. The number of phenolic OH excluding ortho intramolecular Hbond substituents is 1. The van der Waals surface area contributed by atoms with Gasteiger partial charge in [-0.2, -0.15) is 0 Å². The van der Waals surface area contributed by atoms with Gasteiger partial charge in [0.05, 0.1) is 24.2 Å². The zero-order valence-electron chi connectivity index (χ0n) is 20.8. The first-order valence-corrected chi connectivity index (χ1v) is 12.0. The van der Waals surface area contributed by atoms with Gasteiger partial charge in [0.25, 0.3) is 0 Å². The summed E-state index contributed by atoms with van der Waals surface area (Å²) in [6.07, 6.45) is -3.77. The molecular formula is C26H34O10. The van der Waals surface area contributed by atoms with E-state index in [0.29, 0.717) is 29.5 Å². The van der Waals surface area contributed by atoms with Crippen molar-refractivity contribution in [1.82, 2.24) is 0 Å². The molecule has 1 fully saturated rings. The van der Waals surface area contributed by atoms with E-state index in [1.54, 1.807) is 6.07 Å². The van der Waals surface area contributed by atoms with Crippen LogP contribution in [-0.2, 0) is 14.9 Å². The maximum absolute atomic E-state index is 13.0. The van der Waals surface area contributed by atoms with Gasteiger partial charge in [0.15, 0.2) is 6.29 Å². The third kappa shape index (κ3) is 4.65. The van der Waals surface area contributed by atoms with E-state index in [-0.39, 0.29) is 24.0 Å². The zero-order chi connectivity index (χ0) is 26.4. The SMILES string of the molecule is C/C(=C/CCC1(C)c2c(c3c(C)cc(O)cc3oc2=O)O[C@@H]1C)CO[C@@H]1O[C@H](CO)[C@@H](O)[C@H](O)[C@H]1O. The van der Waals surface area contributed by atoms with Crippen LogP contribution in [0.15, 0.2) is 33.0 Å². The van der Waals surface area contributed by atoms with E-state index in [9.17, 15) is 30.3 Å². The van der Waals surface area contributed by atoms with E-state index in [4.69, 9.17) is 18.6 Å². The lowest BCUT2D eigenvalue weighted by Crippen LogP contribution is -2.59. The molecule has 1 aromatic heterocycles. The molecule has 2 aliphatic heterocycles. The molecule has 0 spiro atoms. The summed E-state index contributed by atoms with van der Waals surface area (Å²) < 4.78 is 22.7. The average Bonchev–Trinajstić information content (AvgIpc) is 3.07. The minimum Gasteiger partial charge on any atom is -0.508 e. The number of benzene rings is 1. The van der Waals surface area contributed by atoms with Crippen molar-refractivity contribution >= 4 is 11.0 Å². The van der Waals surface area contributed by atoms with Gasteiger partial charge < -0.3 is 44.2 Å². The molecule has 4 rings (SSSR count). The number of hydrogen-bond donors (Lipinski definition) is 5. The van der Waals surface area contributed by atoms with Gasteiger partial charge in [-0.1, -0.05) is 18.6 Å². The zero-order valence-corrected chi connectivity index (χ0v) is 20.8. The number of aryl methyl sites for hydroxylation is 1. The summed E-state index contributed by atoms with van der Waals surface area (Å²) in [7, 11) is 0. The van der Waals surface area contributed by atoms with Gasteiger partial charge in [0, 0.05) is 11.5 Å². The summed E-state index contributed by atoms with van der Waals surface area (Å²) in [6, 6.07) is 3.02. The van der Waals surface area contributed by atoms with Gasteiger partial charge in [-0.25, -0.2) is 4.79 Å². The molecule has 1 unspecified atom stereocenters. The minimum atomic E-state index is -1.50. The van der Waals surface area contributed by atoms with Crippen molar-refractivity contribution in [1.29, 1.82) is 0 Å². The van der Waals surface area contributed by atoms with Crippen molar-refractivity contribution in [2.24, 2.45) is 0 Å². The van der Waals surface area contributed by atoms with Crippen molar-refractivity contribution in [2.75, 3.05) is 13.2 Å². The van der Waals surface area contributed by atoms with Crippen LogP contribution in [-0.4, -0.2) is 75.6 Å². The van der Waals surface area contributed by atoms with Gasteiger partial charge in [-0.3, -0.25) is 0 Å². The van der Waals surface area contributed by atoms with Gasteiger partial charge in [-0.15, -0.1) is 0 Å². The Hall–Kier alpha value is -2.47. The largest absolute Gasteiger partial charge is 0.508 e. The molecule has 10 nitrogen and oxygen atoms in total. The number of allylic oxidation sites excluding steroid dienone is 1. The smallest absolute Gasteiger partial charge is 0.343 e. The second kappa shape index (κ2) is 10.1. The van der Waals surface area contributed by atoms with Crippen LogP contribution in [0, 0.1) is 6.92 Å². The summed E-state index contributed by atoms with van der Waals surface area (Å²) in [5.41, 5.74) is 1.26. The van der Waals surface area contributed by atoms with Crippen LogP contribution < -0.4 is 10.4 Å². The molecule has 0 saturated carbocycles. The first-order valence-electron chi connectivity index (χ1n) is 12.0. The lowest BCUT2D eigenvalue weighted by Gasteiger charge is -2.39. The van der Waals surface area contributed by atoms with E-state index in [1.165, 1.54) is 6.07 Å². The second-order valence-corrected chi connectivity index (χ2v) is 10.0. The van der Waals surface area contributed by atoms with Gasteiger partial charge in [-0.05, 0) is 45.2 Å². The van der Waals surface area contributed by atoms with E-state index in [0.717, 1.165) is 11.1 Å². The normalized spacial score (nSPS) is 32.5. The fourth-order valence-corrected chi connectivity index (χ4v) is 5.02. The first-order chi connectivity index (χ1) is 17.0. The molecule has 10 heteroatoms. The van der Waals surface area contributed by atoms with Crippen LogP contribution >= 0.6 is 0 Å². The van der Waals surface area contributed by atoms with E-state index in [2.05, 4.69) is 0 Å². The monoisotopic (exact) mass is 506 g/mol. The Morgan fingerprint density at radius 2 is 1.92 bits per heavy atom. The molecule has 198 valence electrons. The van der Waals surface area contributed by atoms with Gasteiger partial charge in [0.2, 0.25) is 0 Å². The molecule has 36 heavy (non-hydrogen) atoms. The highest BCUT2D eigenvalue weighted by atomic mass is 16.7. The third-order valence-electron chi connectivity index (χ3n) is 7.39. The summed E-state index contributed by atoms with van der Waals surface area (Å²) in [5.74, 6) is 0.517. The molecule has 5 N–H and O–H groups in total. The molecule has 1 saturated heterocycles. The molecule has 2 aromatic rings. The van der Waals surface area contributed by atoms with Crippen LogP contribution in [0.2, 0.25) is 0 Å². The van der Waals surface area contributed by atoms with Crippen LogP contribution in [0.5, 0.6) is 11.5 Å². The first kappa shape index (κ1) is 26.6. The lowest BCUT2D eigenvalue weighted by atomic mass is 9.76. The molecule has 0 amide bonds. The van der Waals surface area contributed by atoms with E-state index >= 15 is 0 Å². The maximum atomic E-state index is 13.0. The Morgan fingerprint density at radius 3 is 2.61 bits per heavy atom. The molecule has 0 aliphatic carbocycles. The van der Waals surface area contributed by atoms with Crippen molar-refractivity contribution in [3.05, 3.63) is 45.3 Å². The Bertz CT molecular complexity index is 1200. The van der Waals surface area contributed by atoms with Crippen LogP contribution in [0.3, 0.4) is 0 Å². The predicted octanol–water partition coefficient (Wildman–Crippen LogP) is 1.39. The van der Waals surface area contributed by atoms with E-state index < -0.39 is 48.4 Å². The highest BCUT2D eigenvalue weighted by Gasteiger charge is 2.47. The summed E-state index contributed by atoms with van der Waals surface area (Å²) in [5, 5.41) is 49.8. The third-order valence-corrected chi connectivity index (χ3v) is 7.39. The average molecular weight is 507 g/mol.